The molecule has 166 valence electrons. The van der Waals surface area contributed by atoms with Crippen LogP contribution in [0.2, 0.25) is 0 Å². The summed E-state index contributed by atoms with van der Waals surface area (Å²) in [4.78, 5) is 20.3. The highest BCUT2D eigenvalue weighted by molar-refractivity contribution is 5.85. The highest BCUT2D eigenvalue weighted by atomic mass is 16.5. The Hall–Kier alpha value is -1.87. The first-order valence-electron chi connectivity index (χ1n) is 10.7. The van der Waals surface area contributed by atoms with Crippen LogP contribution in [0.4, 0.5) is 0 Å². The molecule has 8 heteroatoms. The molecule has 0 aromatic heterocycles. The third-order valence-electron chi connectivity index (χ3n) is 6.72. The minimum absolute atomic E-state index is 0.103. The van der Waals surface area contributed by atoms with Crippen molar-refractivity contribution in [2.45, 2.75) is 31.1 Å². The molecular weight excluding hydrogens is 386 g/mol. The molecule has 30 heavy (non-hydrogen) atoms. The van der Waals surface area contributed by atoms with Gasteiger partial charge in [0, 0.05) is 52.7 Å². The average molecular weight is 420 g/mol. The van der Waals surface area contributed by atoms with Gasteiger partial charge < -0.3 is 23.8 Å². The van der Waals surface area contributed by atoms with E-state index >= 15 is 0 Å². The molecule has 1 aromatic rings. The summed E-state index contributed by atoms with van der Waals surface area (Å²) in [6.07, 6.45) is 1.74. The second kappa shape index (κ2) is 9.09. The van der Waals surface area contributed by atoms with Crippen LogP contribution < -0.4 is 9.47 Å². The van der Waals surface area contributed by atoms with Crippen molar-refractivity contribution in [1.82, 2.24) is 14.7 Å². The Morgan fingerprint density at radius 1 is 1.10 bits per heavy atom. The molecule has 1 atom stereocenters. The Balaban J connectivity index is 1.50. The summed E-state index contributed by atoms with van der Waals surface area (Å²) in [6.45, 7) is 5.93. The van der Waals surface area contributed by atoms with Crippen LogP contribution >= 0.6 is 0 Å². The van der Waals surface area contributed by atoms with Gasteiger partial charge in [0.05, 0.1) is 34.0 Å². The summed E-state index contributed by atoms with van der Waals surface area (Å²) in [6, 6.07) is 5.92. The highest BCUT2D eigenvalue weighted by Crippen LogP contribution is 2.41. The van der Waals surface area contributed by atoms with Crippen LogP contribution in [-0.2, 0) is 20.8 Å². The quantitative estimate of drug-likeness (QED) is 0.658. The third kappa shape index (κ3) is 3.77. The number of carbonyl (C=O) groups excluding carboxylic acids is 1. The van der Waals surface area contributed by atoms with Crippen LogP contribution in [0.15, 0.2) is 18.2 Å². The first-order chi connectivity index (χ1) is 14.6. The predicted molar refractivity (Wildman–Crippen MR) is 112 cm³/mol. The van der Waals surface area contributed by atoms with Crippen LogP contribution in [0.25, 0.3) is 0 Å². The van der Waals surface area contributed by atoms with E-state index < -0.39 is 0 Å². The molecule has 0 radical (unpaired) electrons. The van der Waals surface area contributed by atoms with Gasteiger partial charge in [-0.3, -0.25) is 14.6 Å². The second-order valence-electron chi connectivity index (χ2n) is 8.21. The van der Waals surface area contributed by atoms with E-state index in [1.165, 1.54) is 0 Å². The van der Waals surface area contributed by atoms with Gasteiger partial charge in [-0.2, -0.15) is 0 Å². The Labute approximate surface area is 178 Å². The summed E-state index contributed by atoms with van der Waals surface area (Å²) in [5.41, 5.74) is 0.942. The minimum Gasteiger partial charge on any atom is -0.493 e. The molecule has 3 saturated heterocycles. The number of piperazine rings is 1. The summed E-state index contributed by atoms with van der Waals surface area (Å²) in [5, 5.41) is 0. The van der Waals surface area contributed by atoms with Gasteiger partial charge in [0.1, 0.15) is 11.7 Å². The molecule has 0 unspecified atom stereocenters. The lowest BCUT2D eigenvalue weighted by Crippen LogP contribution is -2.62. The van der Waals surface area contributed by atoms with Crippen molar-refractivity contribution in [3.8, 4) is 11.5 Å². The molecule has 0 aliphatic carbocycles. The van der Waals surface area contributed by atoms with Crippen LogP contribution in [0.3, 0.4) is 0 Å². The van der Waals surface area contributed by atoms with Gasteiger partial charge in [0.25, 0.3) is 0 Å². The smallest absolute Gasteiger partial charge is 0.242 e. The van der Waals surface area contributed by atoms with Crippen molar-refractivity contribution in [1.29, 1.82) is 0 Å². The van der Waals surface area contributed by atoms with Crippen molar-refractivity contribution < 1.29 is 23.7 Å². The largest absolute Gasteiger partial charge is 0.493 e. The zero-order valence-corrected chi connectivity index (χ0v) is 18.3. The lowest BCUT2D eigenvalue weighted by atomic mass is 9.96. The van der Waals surface area contributed by atoms with Crippen molar-refractivity contribution in [2.75, 3.05) is 67.3 Å². The fraction of sp³-hybridized carbons (Fsp3) is 0.682. The topological polar surface area (TPSA) is 63.7 Å². The van der Waals surface area contributed by atoms with Gasteiger partial charge in [-0.15, -0.1) is 0 Å². The molecular formula is C22H33N3O5. The number of benzene rings is 1. The number of hydrogen-bond acceptors (Lipinski definition) is 7. The van der Waals surface area contributed by atoms with Gasteiger partial charge in [0.15, 0.2) is 11.5 Å². The minimum atomic E-state index is -0.214. The zero-order chi connectivity index (χ0) is 21.1. The molecule has 3 aliphatic heterocycles. The SMILES string of the molecule is COCCN1C(=O)[C@H]2CN(Cc3ccc(OC)c(OC)c3)CCN2C12CCOCC2. The monoisotopic (exact) mass is 419 g/mol. The van der Waals surface area contributed by atoms with Crippen LogP contribution in [0.1, 0.15) is 18.4 Å². The maximum absolute atomic E-state index is 13.4. The van der Waals surface area contributed by atoms with E-state index in [0.717, 1.165) is 56.1 Å². The van der Waals surface area contributed by atoms with E-state index in [9.17, 15) is 4.79 Å². The molecule has 0 N–H and O–H groups in total. The summed E-state index contributed by atoms with van der Waals surface area (Å²) >= 11 is 0. The molecule has 8 nitrogen and oxygen atoms in total. The number of nitrogens with zero attached hydrogens (tertiary/aromatic N) is 3. The second-order valence-corrected chi connectivity index (χ2v) is 8.21. The van der Waals surface area contributed by atoms with Gasteiger partial charge in [-0.05, 0) is 17.7 Å². The Bertz CT molecular complexity index is 752. The fourth-order valence-corrected chi connectivity index (χ4v) is 5.23. The molecule has 1 aromatic carbocycles. The number of ether oxygens (including phenoxy) is 4. The molecule has 4 rings (SSSR count). The van der Waals surface area contributed by atoms with Crippen LogP contribution in [0, 0.1) is 0 Å². The van der Waals surface area contributed by atoms with E-state index in [1.54, 1.807) is 21.3 Å². The van der Waals surface area contributed by atoms with E-state index in [1.807, 2.05) is 12.1 Å². The number of fused-ring (bicyclic) bond motifs is 2. The number of carbonyl (C=O) groups is 1. The van der Waals surface area contributed by atoms with Crippen LogP contribution in [-0.4, -0.2) is 99.6 Å². The highest BCUT2D eigenvalue weighted by Gasteiger charge is 2.57. The zero-order valence-electron chi connectivity index (χ0n) is 18.3. The molecule has 0 saturated carbocycles. The average Bonchev–Trinajstić information content (AvgIpc) is 2.99. The fourth-order valence-electron chi connectivity index (χ4n) is 5.23. The first kappa shape index (κ1) is 21.4. The van der Waals surface area contributed by atoms with Crippen molar-refractivity contribution >= 4 is 5.91 Å². The van der Waals surface area contributed by atoms with Gasteiger partial charge in [-0.25, -0.2) is 0 Å². The molecule has 3 heterocycles. The van der Waals surface area contributed by atoms with Crippen molar-refractivity contribution in [3.63, 3.8) is 0 Å². The summed E-state index contributed by atoms with van der Waals surface area (Å²) in [7, 11) is 4.98. The normalized spacial score (nSPS) is 24.3. The van der Waals surface area contributed by atoms with E-state index in [0.29, 0.717) is 26.4 Å². The van der Waals surface area contributed by atoms with E-state index in [4.69, 9.17) is 18.9 Å². The van der Waals surface area contributed by atoms with Crippen molar-refractivity contribution in [3.05, 3.63) is 23.8 Å². The van der Waals surface area contributed by atoms with Gasteiger partial charge in [-0.1, -0.05) is 6.07 Å². The molecule has 1 spiro atoms. The Morgan fingerprint density at radius 2 is 1.87 bits per heavy atom. The maximum Gasteiger partial charge on any atom is 0.242 e. The van der Waals surface area contributed by atoms with Crippen molar-refractivity contribution in [2.24, 2.45) is 0 Å². The lowest BCUT2D eigenvalue weighted by molar-refractivity contribution is -0.137. The standard InChI is InChI=1S/C22H33N3O5/c1-27-13-10-25-21(26)18-16-23(8-9-24(18)22(25)6-11-30-12-7-22)15-17-4-5-19(28-2)20(14-17)29-3/h4-5,14,18H,6-13,15-16H2,1-3H3/t18-/m1/s1. The molecule has 0 bridgehead atoms. The number of hydrogen-bond donors (Lipinski definition) is 0. The van der Waals surface area contributed by atoms with Crippen LogP contribution in [0.5, 0.6) is 11.5 Å². The predicted octanol–water partition coefficient (Wildman–Crippen LogP) is 1.19. The Kier molecular flexibility index (Phi) is 6.48. The Morgan fingerprint density at radius 3 is 2.57 bits per heavy atom. The van der Waals surface area contributed by atoms with Gasteiger partial charge in [0.2, 0.25) is 5.91 Å². The summed E-state index contributed by atoms with van der Waals surface area (Å²) < 4.78 is 21.7. The number of methoxy groups -OCH3 is 3. The number of rotatable bonds is 7. The maximum atomic E-state index is 13.4. The number of amides is 1. The van der Waals surface area contributed by atoms with E-state index in [-0.39, 0.29) is 17.6 Å². The van der Waals surface area contributed by atoms with Gasteiger partial charge >= 0.3 is 0 Å². The third-order valence-corrected chi connectivity index (χ3v) is 6.72. The molecule has 1 amide bonds. The van der Waals surface area contributed by atoms with E-state index in [2.05, 4.69) is 20.8 Å². The lowest BCUT2D eigenvalue weighted by Gasteiger charge is -2.49. The first-order valence-corrected chi connectivity index (χ1v) is 10.7. The molecule has 3 fully saturated rings. The molecule has 3 aliphatic rings. The summed E-state index contributed by atoms with van der Waals surface area (Å²) in [5.74, 6) is 1.69.